The number of aliphatic hydroxyl groups is 1. The first-order valence-corrected chi connectivity index (χ1v) is 4.93. The van der Waals surface area contributed by atoms with Crippen LogP contribution in [-0.2, 0) is 5.54 Å². The van der Waals surface area contributed by atoms with Crippen LogP contribution in [0.3, 0.4) is 0 Å². The third kappa shape index (κ3) is 1.76. The van der Waals surface area contributed by atoms with Crippen LogP contribution in [0.2, 0.25) is 0 Å². The average molecular weight is 193 g/mol. The van der Waals surface area contributed by atoms with Crippen LogP contribution < -0.4 is 5.73 Å². The molecule has 1 saturated carbocycles. The van der Waals surface area contributed by atoms with Crippen LogP contribution in [0.15, 0.2) is 18.7 Å². The van der Waals surface area contributed by atoms with E-state index in [1.54, 1.807) is 12.4 Å². The minimum atomic E-state index is -0.333. The van der Waals surface area contributed by atoms with E-state index in [2.05, 4.69) is 9.97 Å². The highest BCUT2D eigenvalue weighted by Gasteiger charge is 2.32. The van der Waals surface area contributed by atoms with E-state index in [-0.39, 0.29) is 11.6 Å². The van der Waals surface area contributed by atoms with Gasteiger partial charge in [0.1, 0.15) is 6.33 Å². The van der Waals surface area contributed by atoms with Crippen LogP contribution in [0.5, 0.6) is 0 Å². The molecule has 1 aliphatic rings. The second kappa shape index (κ2) is 3.63. The smallest absolute Gasteiger partial charge is 0.115 e. The standard InChI is InChI=1S/C10H15N3O/c11-10(3-1-9(14)2-4-10)8-5-12-7-13-6-8/h5-7,9,14H,1-4,11H2. The molecular weight excluding hydrogens is 178 g/mol. The molecular formula is C10H15N3O. The lowest BCUT2D eigenvalue weighted by molar-refractivity contribution is 0.0967. The molecule has 2 rings (SSSR count). The van der Waals surface area contributed by atoms with Gasteiger partial charge in [0.05, 0.1) is 6.10 Å². The van der Waals surface area contributed by atoms with Gasteiger partial charge in [-0.1, -0.05) is 0 Å². The van der Waals surface area contributed by atoms with E-state index in [0.29, 0.717) is 0 Å². The third-order valence-electron chi connectivity index (χ3n) is 2.98. The SMILES string of the molecule is NC1(c2cncnc2)CCC(O)CC1. The number of nitrogens with zero attached hydrogens (tertiary/aromatic N) is 2. The topological polar surface area (TPSA) is 72.0 Å². The van der Waals surface area contributed by atoms with Crippen LogP contribution in [0, 0.1) is 0 Å². The molecule has 14 heavy (non-hydrogen) atoms. The Kier molecular flexibility index (Phi) is 2.48. The average Bonchev–Trinajstić information content (AvgIpc) is 2.24. The summed E-state index contributed by atoms with van der Waals surface area (Å²) in [5.74, 6) is 0. The first-order valence-electron chi connectivity index (χ1n) is 4.93. The maximum absolute atomic E-state index is 9.40. The van der Waals surface area contributed by atoms with Gasteiger partial charge in [-0.2, -0.15) is 0 Å². The summed E-state index contributed by atoms with van der Waals surface area (Å²) in [5.41, 5.74) is 6.90. The molecule has 0 atom stereocenters. The predicted octanol–water partition coefficient (Wildman–Crippen LogP) is 0.565. The monoisotopic (exact) mass is 193 g/mol. The molecule has 1 fully saturated rings. The van der Waals surface area contributed by atoms with Crippen molar-refractivity contribution < 1.29 is 5.11 Å². The van der Waals surface area contributed by atoms with Gasteiger partial charge in [-0.15, -0.1) is 0 Å². The molecule has 0 radical (unpaired) electrons. The molecule has 1 aromatic heterocycles. The molecule has 0 aliphatic heterocycles. The number of rotatable bonds is 1. The Balaban J connectivity index is 2.17. The maximum Gasteiger partial charge on any atom is 0.115 e. The van der Waals surface area contributed by atoms with Gasteiger partial charge < -0.3 is 10.8 Å². The van der Waals surface area contributed by atoms with Gasteiger partial charge in [0.25, 0.3) is 0 Å². The van der Waals surface area contributed by atoms with Gasteiger partial charge in [0, 0.05) is 23.5 Å². The third-order valence-corrected chi connectivity index (χ3v) is 2.98. The summed E-state index contributed by atoms with van der Waals surface area (Å²) in [4.78, 5) is 7.94. The molecule has 1 heterocycles. The lowest BCUT2D eigenvalue weighted by Gasteiger charge is -2.35. The van der Waals surface area contributed by atoms with E-state index >= 15 is 0 Å². The lowest BCUT2D eigenvalue weighted by atomic mass is 9.77. The normalized spacial score (nSPS) is 32.9. The summed E-state index contributed by atoms with van der Waals surface area (Å²) < 4.78 is 0. The van der Waals surface area contributed by atoms with Crippen LogP contribution in [-0.4, -0.2) is 21.2 Å². The summed E-state index contributed by atoms with van der Waals surface area (Å²) >= 11 is 0. The van der Waals surface area contributed by atoms with Crippen LogP contribution in [0.4, 0.5) is 0 Å². The van der Waals surface area contributed by atoms with Gasteiger partial charge in [0.15, 0.2) is 0 Å². The van der Waals surface area contributed by atoms with E-state index in [9.17, 15) is 5.11 Å². The molecule has 0 saturated heterocycles. The molecule has 0 aromatic carbocycles. The Labute approximate surface area is 83.2 Å². The van der Waals surface area contributed by atoms with Crippen molar-refractivity contribution in [3.8, 4) is 0 Å². The second-order valence-electron chi connectivity index (χ2n) is 4.01. The fourth-order valence-corrected chi connectivity index (χ4v) is 1.96. The van der Waals surface area contributed by atoms with Gasteiger partial charge in [-0.25, -0.2) is 9.97 Å². The van der Waals surface area contributed by atoms with Crippen LogP contribution in [0.1, 0.15) is 31.2 Å². The van der Waals surface area contributed by atoms with E-state index < -0.39 is 0 Å². The van der Waals surface area contributed by atoms with Gasteiger partial charge in [-0.3, -0.25) is 0 Å². The highest BCUT2D eigenvalue weighted by molar-refractivity contribution is 5.17. The highest BCUT2D eigenvalue weighted by Crippen LogP contribution is 2.33. The zero-order valence-corrected chi connectivity index (χ0v) is 8.06. The van der Waals surface area contributed by atoms with E-state index in [0.717, 1.165) is 31.2 Å². The molecule has 0 amide bonds. The van der Waals surface area contributed by atoms with Crippen molar-refractivity contribution in [3.05, 3.63) is 24.3 Å². The molecule has 0 spiro atoms. The van der Waals surface area contributed by atoms with Crippen molar-refractivity contribution in [1.29, 1.82) is 0 Å². The summed E-state index contributed by atoms with van der Waals surface area (Å²) in [6.45, 7) is 0. The van der Waals surface area contributed by atoms with Gasteiger partial charge in [0.2, 0.25) is 0 Å². The van der Waals surface area contributed by atoms with Crippen molar-refractivity contribution in [1.82, 2.24) is 9.97 Å². The van der Waals surface area contributed by atoms with Crippen molar-refractivity contribution in [3.63, 3.8) is 0 Å². The van der Waals surface area contributed by atoms with E-state index in [1.165, 1.54) is 6.33 Å². The van der Waals surface area contributed by atoms with Gasteiger partial charge >= 0.3 is 0 Å². The molecule has 4 nitrogen and oxygen atoms in total. The Hall–Kier alpha value is -1.00. The largest absolute Gasteiger partial charge is 0.393 e. The minimum Gasteiger partial charge on any atom is -0.393 e. The number of hydrogen-bond donors (Lipinski definition) is 2. The molecule has 1 aliphatic carbocycles. The zero-order chi connectivity index (χ0) is 10.0. The fraction of sp³-hybridized carbons (Fsp3) is 0.600. The highest BCUT2D eigenvalue weighted by atomic mass is 16.3. The number of aliphatic hydroxyl groups excluding tert-OH is 1. The second-order valence-corrected chi connectivity index (χ2v) is 4.01. The fourth-order valence-electron chi connectivity index (χ4n) is 1.96. The van der Waals surface area contributed by atoms with Crippen molar-refractivity contribution in [2.24, 2.45) is 5.73 Å². The molecule has 0 unspecified atom stereocenters. The predicted molar refractivity (Wildman–Crippen MR) is 52.4 cm³/mol. The van der Waals surface area contributed by atoms with E-state index in [4.69, 9.17) is 5.73 Å². The maximum atomic E-state index is 9.40. The van der Waals surface area contributed by atoms with E-state index in [1.807, 2.05) is 0 Å². The van der Waals surface area contributed by atoms with Crippen molar-refractivity contribution >= 4 is 0 Å². The van der Waals surface area contributed by atoms with Crippen LogP contribution in [0.25, 0.3) is 0 Å². The number of hydrogen-bond acceptors (Lipinski definition) is 4. The Bertz CT molecular complexity index is 293. The van der Waals surface area contributed by atoms with Crippen molar-refractivity contribution in [2.75, 3.05) is 0 Å². The summed E-state index contributed by atoms with van der Waals surface area (Å²) in [6, 6.07) is 0. The number of nitrogens with two attached hydrogens (primary N) is 1. The summed E-state index contributed by atoms with van der Waals surface area (Å²) in [5, 5.41) is 9.40. The van der Waals surface area contributed by atoms with Gasteiger partial charge in [-0.05, 0) is 25.7 Å². The Morgan fingerprint density at radius 2 is 1.86 bits per heavy atom. The van der Waals surface area contributed by atoms with Crippen LogP contribution >= 0.6 is 0 Å². The molecule has 1 aromatic rings. The zero-order valence-electron chi connectivity index (χ0n) is 8.06. The molecule has 76 valence electrons. The Morgan fingerprint density at radius 3 is 2.43 bits per heavy atom. The first-order chi connectivity index (χ1) is 6.71. The first kappa shape index (κ1) is 9.55. The molecule has 3 N–H and O–H groups in total. The molecule has 0 bridgehead atoms. The molecule has 4 heteroatoms. The lowest BCUT2D eigenvalue weighted by Crippen LogP contribution is -2.41. The Morgan fingerprint density at radius 1 is 1.29 bits per heavy atom. The minimum absolute atomic E-state index is 0.184. The quantitative estimate of drug-likeness (QED) is 0.683. The summed E-state index contributed by atoms with van der Waals surface area (Å²) in [6.07, 6.45) is 8.01. The van der Waals surface area contributed by atoms with Crippen molar-refractivity contribution in [2.45, 2.75) is 37.3 Å². The number of aromatic nitrogens is 2. The summed E-state index contributed by atoms with van der Waals surface area (Å²) in [7, 11) is 0.